The predicted octanol–water partition coefficient (Wildman–Crippen LogP) is -3.74. The van der Waals surface area contributed by atoms with E-state index in [2.05, 4.69) is 42.5 Å². The first-order valence-corrected chi connectivity index (χ1v) is 29.5. The van der Waals surface area contributed by atoms with Crippen LogP contribution in [0.25, 0.3) is 0 Å². The summed E-state index contributed by atoms with van der Waals surface area (Å²) in [5.74, 6) is -12.2. The molecule has 29 heteroatoms. The average Bonchev–Trinajstić information content (AvgIpc) is 2.85. The molecule has 0 aliphatic carbocycles. The van der Waals surface area contributed by atoms with Crippen molar-refractivity contribution < 1.29 is 83.1 Å². The summed E-state index contributed by atoms with van der Waals surface area (Å²) in [7, 11) is 0. The minimum Gasteiger partial charge on any atom is -0.508 e. The van der Waals surface area contributed by atoms with Crippen molar-refractivity contribution in [2.24, 2.45) is 17.4 Å². The van der Waals surface area contributed by atoms with Crippen LogP contribution in [0.2, 0.25) is 0 Å². The lowest BCUT2D eigenvalue weighted by Gasteiger charge is -2.35. The van der Waals surface area contributed by atoms with Crippen LogP contribution in [0.15, 0.2) is 66.7 Å². The van der Waals surface area contributed by atoms with E-state index < -0.39 is 169 Å². The number of benzene rings is 2. The highest BCUT2D eigenvalue weighted by atomic mass is 16.4. The van der Waals surface area contributed by atoms with Crippen molar-refractivity contribution in [1.82, 2.24) is 52.3 Å². The zero-order valence-electron chi connectivity index (χ0n) is 49.6. The molecule has 88 heavy (non-hydrogen) atoms. The van der Waals surface area contributed by atoms with Crippen LogP contribution < -0.4 is 54.0 Å². The number of nitrogens with two attached hydrogens (primary N) is 2. The lowest BCUT2D eigenvalue weighted by Crippen LogP contribution is -2.62. The van der Waals surface area contributed by atoms with E-state index in [1.165, 1.54) is 46.2 Å². The second kappa shape index (κ2) is 34.1. The van der Waals surface area contributed by atoms with E-state index in [9.17, 15) is 83.1 Å². The van der Waals surface area contributed by atoms with E-state index in [-0.39, 0.29) is 76.6 Å². The number of hydrogen-bond donors (Lipinski definition) is 15. The van der Waals surface area contributed by atoms with Gasteiger partial charge in [-0.15, -0.1) is 0 Å². The Hall–Kier alpha value is -8.54. The number of nitrogens with one attached hydrogen (secondary N) is 8. The number of carboxylic acid groups (broad SMARTS) is 1. The second-order valence-corrected chi connectivity index (χ2v) is 22.3. The summed E-state index contributed by atoms with van der Waals surface area (Å²) in [6, 6.07) is -2.60. The summed E-state index contributed by atoms with van der Waals surface area (Å²) in [6.45, 7) is 2.88. The average molecular weight is 1230 g/mol. The van der Waals surface area contributed by atoms with Gasteiger partial charge in [0.2, 0.25) is 65.0 Å². The number of carboxylic acids is 1. The molecular formula is C59H84N12O17. The summed E-state index contributed by atoms with van der Waals surface area (Å²) in [6.07, 6.45) is 0.833. The number of carbonyl (C=O) groups is 12. The number of aromatic hydroxyl groups is 1. The molecule has 0 spiro atoms. The van der Waals surface area contributed by atoms with Crippen molar-refractivity contribution in [2.75, 3.05) is 26.3 Å². The number of amides is 11. The summed E-state index contributed by atoms with van der Waals surface area (Å²) in [5, 5.41) is 71.3. The molecule has 11 amide bonds. The molecule has 29 nitrogen and oxygen atoms in total. The van der Waals surface area contributed by atoms with Crippen LogP contribution in [0.5, 0.6) is 5.75 Å². The molecule has 0 radical (unpaired) electrons. The number of phenols is 1. The fourth-order valence-corrected chi connectivity index (χ4v) is 10.4. The van der Waals surface area contributed by atoms with Gasteiger partial charge < -0.3 is 89.3 Å². The predicted molar refractivity (Wildman–Crippen MR) is 314 cm³/mol. The smallest absolute Gasteiger partial charge is 0.326 e. The first-order valence-electron chi connectivity index (χ1n) is 29.5. The SMILES string of the molecule is CC[C@H](C)[C@@H]1NC(=O)C(CO)NC(=O)[C@H](Cc2ccccc2)NC(=O)[C@H]([C@@H](C)O)NC(=O)[C@@H](NC(=O)[C@@H](N)CO)CC/C=C/CCC(C(=O)N[C@@H](Cc2ccc(O)cc2)C(=O)O)NC(=O)[C@H](CCC(N)=O)NC(=O)[C@@H]2CCCN2C(=O)[C@@H]2CCCN2C1=O. The molecule has 3 heterocycles. The highest BCUT2D eigenvalue weighted by Gasteiger charge is 2.46. The van der Waals surface area contributed by atoms with Gasteiger partial charge in [-0.25, -0.2) is 4.79 Å². The van der Waals surface area contributed by atoms with Gasteiger partial charge in [-0.3, -0.25) is 52.7 Å². The zero-order chi connectivity index (χ0) is 64.8. The third-order valence-electron chi connectivity index (χ3n) is 15.7. The van der Waals surface area contributed by atoms with E-state index in [0.717, 1.165) is 6.92 Å². The Labute approximate surface area is 508 Å². The number of primary amides is 1. The molecule has 2 aromatic carbocycles. The number of aliphatic hydroxyl groups excluding tert-OH is 3. The minimum atomic E-state index is -1.81. The standard InChI is InChI=1S/C59H84N12O17/c1-4-32(2)47-58(86)71-27-13-19-45(71)57(85)70-26-12-18-44(70)55(83)64-40(24-25-46(61)76)51(79)63-38(50(78)66-42(59(87)88)29-35-20-22-36(75)23-21-35)16-10-5-6-11-17-39(62-49(77)37(60)30-72)52(80)69-48(33(3)74)56(84)65-41(28-34-14-8-7-9-15-34)53(81)67-43(31-73)54(82)68-47/h5-9,14-15,20-23,32-33,37-45,47-48,72-75H,4,10-13,16-19,24-31,60H2,1-3H3,(H2,61,76)(H,62,77)(H,63,79)(H,64,83)(H,65,84)(H,66,78)(H,67,81)(H,68,82)(H,69,80)(H,87,88)/b6-5+/t32-,33+,37-,38?,39-,40-,41-,42-,43?,44-,45-,47-,48-/m0/s1. The number of phenolic OH excluding ortho intramolecular Hbond substituents is 1. The van der Waals surface area contributed by atoms with Crippen LogP contribution in [0.3, 0.4) is 0 Å². The van der Waals surface area contributed by atoms with Crippen molar-refractivity contribution in [3.05, 3.63) is 77.9 Å². The number of carbonyl (C=O) groups excluding carboxylic acids is 11. The van der Waals surface area contributed by atoms with Gasteiger partial charge in [-0.05, 0) is 93.9 Å². The molecule has 13 atom stereocenters. The van der Waals surface area contributed by atoms with Crippen molar-refractivity contribution in [2.45, 2.75) is 177 Å². The number of allylic oxidation sites excluding steroid dienone is 2. The maximum atomic E-state index is 14.7. The molecule has 2 unspecified atom stereocenters. The third-order valence-corrected chi connectivity index (χ3v) is 15.7. The lowest BCUT2D eigenvalue weighted by molar-refractivity contribution is -0.149. The number of rotatable bonds is 17. The highest BCUT2D eigenvalue weighted by molar-refractivity contribution is 5.99. The normalized spacial score (nSPS) is 26.1. The largest absolute Gasteiger partial charge is 0.508 e. The number of aliphatic hydroxyl groups is 3. The van der Waals surface area contributed by atoms with Crippen LogP contribution in [0.1, 0.15) is 103 Å². The van der Waals surface area contributed by atoms with Gasteiger partial charge in [-0.2, -0.15) is 0 Å². The monoisotopic (exact) mass is 1230 g/mol. The fraction of sp³-hybridized carbons (Fsp3) is 0.559. The van der Waals surface area contributed by atoms with Crippen molar-refractivity contribution in [3.8, 4) is 5.75 Å². The van der Waals surface area contributed by atoms with Gasteiger partial charge in [0.05, 0.1) is 19.3 Å². The number of aliphatic carboxylic acids is 1. The Bertz CT molecular complexity index is 2820. The molecule has 17 N–H and O–H groups in total. The molecule has 0 saturated carbocycles. The molecule has 5 rings (SSSR count). The van der Waals surface area contributed by atoms with Crippen LogP contribution in [0, 0.1) is 5.92 Å². The Morgan fingerprint density at radius 3 is 1.85 bits per heavy atom. The summed E-state index contributed by atoms with van der Waals surface area (Å²) >= 11 is 0. The van der Waals surface area contributed by atoms with Crippen LogP contribution in [-0.2, 0) is 70.4 Å². The molecule has 482 valence electrons. The quantitative estimate of drug-likeness (QED) is 0.0677. The number of fused-ring (bicyclic) bond motifs is 2. The van der Waals surface area contributed by atoms with E-state index in [1.807, 2.05) is 0 Å². The van der Waals surface area contributed by atoms with E-state index in [0.29, 0.717) is 30.4 Å². The van der Waals surface area contributed by atoms with Gasteiger partial charge in [0.1, 0.15) is 72.2 Å². The maximum Gasteiger partial charge on any atom is 0.326 e. The van der Waals surface area contributed by atoms with Crippen molar-refractivity contribution in [1.29, 1.82) is 0 Å². The molecule has 0 aromatic heterocycles. The zero-order valence-corrected chi connectivity index (χ0v) is 49.6. The molecule has 3 aliphatic heterocycles. The summed E-state index contributed by atoms with van der Waals surface area (Å²) in [5.41, 5.74) is 12.2. The third kappa shape index (κ3) is 20.3. The van der Waals surface area contributed by atoms with Crippen LogP contribution in [0.4, 0.5) is 0 Å². The van der Waals surface area contributed by atoms with Crippen molar-refractivity contribution in [3.63, 3.8) is 0 Å². The Balaban J connectivity index is 1.55. The number of nitrogens with zero attached hydrogens (tertiary/aromatic N) is 2. The van der Waals surface area contributed by atoms with E-state index in [1.54, 1.807) is 44.2 Å². The lowest BCUT2D eigenvalue weighted by atomic mass is 9.96. The maximum absolute atomic E-state index is 14.7. The van der Waals surface area contributed by atoms with Crippen molar-refractivity contribution >= 4 is 70.9 Å². The Morgan fingerprint density at radius 2 is 1.25 bits per heavy atom. The molecule has 0 bridgehead atoms. The first kappa shape index (κ1) is 70.2. The summed E-state index contributed by atoms with van der Waals surface area (Å²) in [4.78, 5) is 169. The molecule has 3 aliphatic rings. The van der Waals surface area contributed by atoms with E-state index >= 15 is 0 Å². The van der Waals surface area contributed by atoms with Gasteiger partial charge >= 0.3 is 5.97 Å². The molecular weight excluding hydrogens is 1150 g/mol. The van der Waals surface area contributed by atoms with Gasteiger partial charge in [0.15, 0.2) is 0 Å². The van der Waals surface area contributed by atoms with Gasteiger partial charge in [0, 0.05) is 32.4 Å². The van der Waals surface area contributed by atoms with Crippen LogP contribution in [-0.4, -0.2) is 205 Å². The van der Waals surface area contributed by atoms with Gasteiger partial charge in [-0.1, -0.05) is 74.9 Å². The topological polar surface area (TPSA) is 461 Å². The Morgan fingerprint density at radius 1 is 0.670 bits per heavy atom. The fourth-order valence-electron chi connectivity index (χ4n) is 10.4. The van der Waals surface area contributed by atoms with E-state index in [4.69, 9.17) is 11.5 Å². The minimum absolute atomic E-state index is 0.0267. The first-order chi connectivity index (χ1) is 41.9. The molecule has 2 fully saturated rings. The Kier molecular flexibility index (Phi) is 27.2. The number of hydrogen-bond acceptors (Lipinski definition) is 17. The van der Waals surface area contributed by atoms with Gasteiger partial charge in [0.25, 0.3) is 0 Å². The molecule has 2 saturated heterocycles. The highest BCUT2D eigenvalue weighted by Crippen LogP contribution is 2.27. The van der Waals surface area contributed by atoms with Crippen LogP contribution >= 0.6 is 0 Å². The summed E-state index contributed by atoms with van der Waals surface area (Å²) < 4.78 is 0. The molecule has 2 aromatic rings. The second-order valence-electron chi connectivity index (χ2n) is 22.3.